The van der Waals surface area contributed by atoms with Crippen LogP contribution in [0, 0.1) is 26.7 Å². The van der Waals surface area contributed by atoms with Gasteiger partial charge in [0.15, 0.2) is 15.6 Å². The highest BCUT2D eigenvalue weighted by Crippen LogP contribution is 2.26. The molecular weight excluding hydrogens is 434 g/mol. The van der Waals surface area contributed by atoms with E-state index in [0.29, 0.717) is 29.5 Å². The third-order valence-corrected chi connectivity index (χ3v) is 8.24. The van der Waals surface area contributed by atoms with Gasteiger partial charge in [-0.15, -0.1) is 10.2 Å². The molecule has 0 spiro atoms. The number of carbonyl (C=O) groups excluding carboxylic acids is 1. The van der Waals surface area contributed by atoms with Gasteiger partial charge in [0.05, 0.1) is 17.3 Å². The largest absolute Gasteiger partial charge is 0.416 e. The molecule has 31 heavy (non-hydrogen) atoms. The van der Waals surface area contributed by atoms with E-state index in [1.807, 2.05) is 39.0 Å². The minimum absolute atomic E-state index is 0.00176. The van der Waals surface area contributed by atoms with Crippen LogP contribution in [0.25, 0.3) is 5.69 Å². The van der Waals surface area contributed by atoms with Crippen LogP contribution in [-0.2, 0) is 16.3 Å². The van der Waals surface area contributed by atoms with Crippen LogP contribution in [-0.4, -0.2) is 46.2 Å². The Balaban J connectivity index is 1.40. The number of Topliss-reactive ketones (excluding diaryl/α,β-unsaturated/α-hetero) is 1. The summed E-state index contributed by atoms with van der Waals surface area (Å²) in [5.41, 5.74) is 4.80. The first-order valence-electron chi connectivity index (χ1n) is 10.2. The Hall–Kier alpha value is -2.39. The first-order valence-corrected chi connectivity index (χ1v) is 13.0. The molecule has 3 heterocycles. The predicted molar refractivity (Wildman–Crippen MR) is 120 cm³/mol. The lowest BCUT2D eigenvalue weighted by Crippen LogP contribution is -2.07. The van der Waals surface area contributed by atoms with Crippen LogP contribution in [0.3, 0.4) is 0 Å². The van der Waals surface area contributed by atoms with E-state index in [4.69, 9.17) is 4.42 Å². The smallest absolute Gasteiger partial charge is 0.277 e. The minimum atomic E-state index is -2.93. The normalized spacial score (nSPS) is 17.8. The van der Waals surface area contributed by atoms with Crippen LogP contribution in [0.15, 0.2) is 40.0 Å². The Bertz CT molecular complexity index is 1210. The Morgan fingerprint density at radius 3 is 2.61 bits per heavy atom. The summed E-state index contributed by atoms with van der Waals surface area (Å²) >= 11 is 1.21. The molecule has 1 aliphatic heterocycles. The molecule has 0 bridgehead atoms. The lowest BCUT2D eigenvalue weighted by Gasteiger charge is -2.10. The van der Waals surface area contributed by atoms with Gasteiger partial charge < -0.3 is 8.98 Å². The van der Waals surface area contributed by atoms with Crippen LogP contribution in [0.2, 0.25) is 0 Å². The van der Waals surface area contributed by atoms with Gasteiger partial charge in [-0.05, 0) is 51.3 Å². The average molecular weight is 460 g/mol. The SMILES string of the molecule is Cc1ccc(-n2c(C)cc(C(=O)CSc3nnc(CC4CCS(=O)(=O)C4)o3)c2C)cc1. The van der Waals surface area contributed by atoms with Crippen molar-refractivity contribution in [3.8, 4) is 5.69 Å². The fourth-order valence-corrected chi connectivity index (χ4v) is 6.53. The van der Waals surface area contributed by atoms with Crippen molar-refractivity contribution in [1.82, 2.24) is 14.8 Å². The molecule has 0 N–H and O–H groups in total. The molecule has 2 aromatic heterocycles. The number of ketones is 1. The third-order valence-electron chi connectivity index (χ3n) is 5.59. The molecule has 7 nitrogen and oxygen atoms in total. The highest BCUT2D eigenvalue weighted by Gasteiger charge is 2.29. The van der Waals surface area contributed by atoms with Crippen LogP contribution >= 0.6 is 11.8 Å². The molecule has 0 amide bonds. The summed E-state index contributed by atoms with van der Waals surface area (Å²) in [7, 11) is -2.93. The number of aromatic nitrogens is 3. The number of hydrogen-bond acceptors (Lipinski definition) is 7. The Morgan fingerprint density at radius 2 is 1.94 bits per heavy atom. The Kier molecular flexibility index (Phi) is 6.07. The molecule has 0 saturated carbocycles. The summed E-state index contributed by atoms with van der Waals surface area (Å²) in [5, 5.41) is 8.34. The molecule has 4 rings (SSSR count). The van der Waals surface area contributed by atoms with E-state index in [-0.39, 0.29) is 29.0 Å². The maximum Gasteiger partial charge on any atom is 0.277 e. The fraction of sp³-hybridized carbons (Fsp3) is 0.409. The van der Waals surface area contributed by atoms with Gasteiger partial charge in [0.2, 0.25) is 5.89 Å². The predicted octanol–water partition coefficient (Wildman–Crippen LogP) is 3.74. The number of aryl methyl sites for hydroxylation is 2. The number of rotatable bonds is 7. The molecular formula is C22H25N3O4S2. The molecule has 1 aliphatic rings. The minimum Gasteiger partial charge on any atom is -0.416 e. The van der Waals surface area contributed by atoms with Gasteiger partial charge in [0.25, 0.3) is 5.22 Å². The van der Waals surface area contributed by atoms with Gasteiger partial charge in [0, 0.05) is 29.1 Å². The zero-order valence-electron chi connectivity index (χ0n) is 17.8. The number of benzene rings is 1. The number of nitrogens with zero attached hydrogens (tertiary/aromatic N) is 3. The summed E-state index contributed by atoms with van der Waals surface area (Å²) in [4.78, 5) is 12.9. The summed E-state index contributed by atoms with van der Waals surface area (Å²) in [6.07, 6.45) is 1.08. The van der Waals surface area contributed by atoms with Gasteiger partial charge in [-0.2, -0.15) is 0 Å². The van der Waals surface area contributed by atoms with E-state index >= 15 is 0 Å². The second-order valence-corrected chi connectivity index (χ2v) is 11.3. The summed E-state index contributed by atoms with van der Waals surface area (Å²) in [5.74, 6) is 1.04. The topological polar surface area (TPSA) is 95.1 Å². The summed E-state index contributed by atoms with van der Waals surface area (Å²) in [6.45, 7) is 5.99. The number of sulfone groups is 1. The molecule has 164 valence electrons. The molecule has 0 radical (unpaired) electrons. The van der Waals surface area contributed by atoms with E-state index < -0.39 is 9.84 Å². The number of carbonyl (C=O) groups is 1. The molecule has 1 saturated heterocycles. The first-order chi connectivity index (χ1) is 14.7. The highest BCUT2D eigenvalue weighted by molar-refractivity contribution is 7.99. The second kappa shape index (κ2) is 8.63. The van der Waals surface area contributed by atoms with E-state index in [0.717, 1.165) is 17.1 Å². The standard InChI is InChI=1S/C22H25N3O4S2/c1-14-4-6-18(7-5-14)25-15(2)10-19(16(25)3)20(26)12-30-22-24-23-21(29-22)11-17-8-9-31(27,28)13-17/h4-7,10,17H,8-9,11-13H2,1-3H3. The third kappa shape index (κ3) is 4.93. The van der Waals surface area contributed by atoms with Crippen molar-refractivity contribution < 1.29 is 17.6 Å². The maximum absolute atomic E-state index is 12.9. The van der Waals surface area contributed by atoms with Gasteiger partial charge in [0.1, 0.15) is 0 Å². The zero-order valence-corrected chi connectivity index (χ0v) is 19.4. The van der Waals surface area contributed by atoms with Crippen molar-refractivity contribution in [3.05, 3.63) is 58.7 Å². The summed E-state index contributed by atoms with van der Waals surface area (Å²) < 4.78 is 30.9. The molecule has 1 unspecified atom stereocenters. The number of thioether (sulfide) groups is 1. The number of hydrogen-bond donors (Lipinski definition) is 0. The molecule has 3 aromatic rings. The maximum atomic E-state index is 12.9. The van der Waals surface area contributed by atoms with Crippen LogP contribution in [0.1, 0.15) is 39.6 Å². The zero-order chi connectivity index (χ0) is 22.2. The monoisotopic (exact) mass is 459 g/mol. The second-order valence-electron chi connectivity index (χ2n) is 8.10. The van der Waals surface area contributed by atoms with Crippen LogP contribution < -0.4 is 0 Å². The highest BCUT2D eigenvalue weighted by atomic mass is 32.2. The quantitative estimate of drug-likeness (QED) is 0.392. The fourth-order valence-electron chi connectivity index (χ4n) is 4.00. The van der Waals surface area contributed by atoms with E-state index in [1.54, 1.807) is 0 Å². The molecule has 1 aromatic carbocycles. The van der Waals surface area contributed by atoms with Crippen molar-refractivity contribution in [2.45, 2.75) is 38.8 Å². The molecule has 9 heteroatoms. The van der Waals surface area contributed by atoms with Crippen molar-refractivity contribution in [3.63, 3.8) is 0 Å². The Morgan fingerprint density at radius 1 is 1.19 bits per heavy atom. The van der Waals surface area contributed by atoms with Crippen molar-refractivity contribution >= 4 is 27.4 Å². The van der Waals surface area contributed by atoms with E-state index in [2.05, 4.69) is 26.9 Å². The van der Waals surface area contributed by atoms with Crippen molar-refractivity contribution in [2.24, 2.45) is 5.92 Å². The molecule has 0 aliphatic carbocycles. The van der Waals surface area contributed by atoms with Crippen LogP contribution in [0.5, 0.6) is 0 Å². The average Bonchev–Trinajstić information content (AvgIpc) is 3.39. The van der Waals surface area contributed by atoms with Crippen molar-refractivity contribution in [2.75, 3.05) is 17.3 Å². The van der Waals surface area contributed by atoms with Crippen molar-refractivity contribution in [1.29, 1.82) is 0 Å². The van der Waals surface area contributed by atoms with Gasteiger partial charge in [-0.25, -0.2) is 8.42 Å². The lowest BCUT2D eigenvalue weighted by atomic mass is 10.1. The summed E-state index contributed by atoms with van der Waals surface area (Å²) in [6, 6.07) is 10.1. The van der Waals surface area contributed by atoms with Crippen LogP contribution in [0.4, 0.5) is 0 Å². The van der Waals surface area contributed by atoms with Gasteiger partial charge in [-0.3, -0.25) is 4.79 Å². The Labute approximate surface area is 186 Å². The van der Waals surface area contributed by atoms with E-state index in [1.165, 1.54) is 17.3 Å². The van der Waals surface area contributed by atoms with E-state index in [9.17, 15) is 13.2 Å². The molecule has 1 atom stereocenters. The first kappa shape index (κ1) is 21.8. The lowest BCUT2D eigenvalue weighted by molar-refractivity contribution is 0.102. The van der Waals surface area contributed by atoms with Gasteiger partial charge in [-0.1, -0.05) is 29.5 Å². The molecule has 1 fully saturated rings. The van der Waals surface area contributed by atoms with Gasteiger partial charge >= 0.3 is 0 Å².